The summed E-state index contributed by atoms with van der Waals surface area (Å²) in [5.41, 5.74) is 0.902. The number of benzene rings is 3. The molecule has 3 N–H and O–H groups in total. The predicted octanol–water partition coefficient (Wildman–Crippen LogP) is 3.77. The van der Waals surface area contributed by atoms with Crippen molar-refractivity contribution in [3.8, 4) is 22.9 Å². The van der Waals surface area contributed by atoms with Crippen molar-refractivity contribution in [2.45, 2.75) is 56.1 Å². The number of carbonyl (C=O) groups excluding carboxylic acids is 1. The van der Waals surface area contributed by atoms with E-state index >= 15 is 4.39 Å². The largest absolute Gasteiger partial charge is 0.508 e. The van der Waals surface area contributed by atoms with Crippen molar-refractivity contribution >= 4 is 43.4 Å². The highest BCUT2D eigenvalue weighted by Gasteiger charge is 2.46. The van der Waals surface area contributed by atoms with Gasteiger partial charge in [-0.25, -0.2) is 17.9 Å². The van der Waals surface area contributed by atoms with Gasteiger partial charge in [0.2, 0.25) is 15.9 Å². The predicted molar refractivity (Wildman–Crippen MR) is 176 cm³/mol. The lowest BCUT2D eigenvalue weighted by atomic mass is 9.95. The molecule has 11 nitrogen and oxygen atoms in total. The molecule has 0 spiro atoms. The molecule has 4 aliphatic rings. The van der Waals surface area contributed by atoms with Crippen LogP contribution < -0.4 is 14.8 Å². The maximum absolute atomic E-state index is 16.8. The Labute approximate surface area is 272 Å². The number of amides is 1. The minimum absolute atomic E-state index is 0.0351. The molecule has 0 radical (unpaired) electrons. The molecule has 4 aliphatic heterocycles. The van der Waals surface area contributed by atoms with Crippen LogP contribution in [0.2, 0.25) is 0 Å². The second-order valence-corrected chi connectivity index (χ2v) is 15.1. The van der Waals surface area contributed by atoms with Crippen LogP contribution in [-0.2, 0) is 14.8 Å². The summed E-state index contributed by atoms with van der Waals surface area (Å²) in [6, 6.07) is 13.9. The number of halogens is 1. The molecular formula is C34H37FN6O5S. The van der Waals surface area contributed by atoms with Crippen molar-refractivity contribution in [3.05, 3.63) is 54.3 Å². The van der Waals surface area contributed by atoms with E-state index in [-0.39, 0.29) is 34.9 Å². The summed E-state index contributed by atoms with van der Waals surface area (Å²) in [5.74, 6) is -1.22. The second kappa shape index (κ2) is 11.3. The molecule has 246 valence electrons. The highest BCUT2D eigenvalue weighted by Crippen LogP contribution is 2.42. The summed E-state index contributed by atoms with van der Waals surface area (Å²) in [4.78, 5) is 28.7. The Morgan fingerprint density at radius 3 is 2.45 bits per heavy atom. The van der Waals surface area contributed by atoms with Gasteiger partial charge in [-0.05, 0) is 86.1 Å². The Kier molecular flexibility index (Phi) is 7.26. The number of aromatic hydroxyl groups is 1. The number of aromatic nitrogens is 2. The van der Waals surface area contributed by atoms with Crippen LogP contribution in [0, 0.1) is 5.82 Å². The monoisotopic (exact) mass is 660 g/mol. The number of carbonyl (C=O) groups is 1. The third-order valence-electron chi connectivity index (χ3n) is 10.6. The van der Waals surface area contributed by atoms with Crippen molar-refractivity contribution < 1.29 is 27.4 Å². The van der Waals surface area contributed by atoms with Gasteiger partial charge in [0.1, 0.15) is 29.4 Å². The summed E-state index contributed by atoms with van der Waals surface area (Å²) in [6.45, 7) is 3.30. The number of anilines is 1. The fourth-order valence-corrected chi connectivity index (χ4v) is 9.04. The lowest BCUT2D eigenvalue weighted by Crippen LogP contribution is -2.57. The first kappa shape index (κ1) is 30.3. The maximum atomic E-state index is 16.8. The standard InChI is InChI=1S/C34H37FN6O5S/c35-30-26(28-16-24(42)15-21-5-1-2-6-25(21)28)9-10-27-31(30)37-33(46-20-34-11-3-13-40(34)14-4-12-34)38-32(27)39-17-22-7-8-23(18-39)41(22)29(43)19-47(36,44)45/h1-2,5-6,9-10,15-16,22-23,42H,3-4,7-8,11-14,17-20H2,(H2,36,44,45). The molecule has 1 amide bonds. The average Bonchev–Trinajstić information content (AvgIpc) is 3.69. The van der Waals surface area contributed by atoms with E-state index in [4.69, 9.17) is 14.9 Å². The topological polar surface area (TPSA) is 142 Å². The number of fused-ring (bicyclic) bond motifs is 5. The van der Waals surface area contributed by atoms with Gasteiger partial charge in [-0.2, -0.15) is 9.97 Å². The van der Waals surface area contributed by atoms with Gasteiger partial charge in [-0.1, -0.05) is 30.3 Å². The number of sulfonamides is 1. The number of nitrogens with zero attached hydrogens (tertiary/aromatic N) is 5. The van der Waals surface area contributed by atoms with Gasteiger partial charge >= 0.3 is 6.01 Å². The normalized spacial score (nSPS) is 22.3. The molecule has 1 aromatic heterocycles. The van der Waals surface area contributed by atoms with Crippen LogP contribution in [0.1, 0.15) is 38.5 Å². The average molecular weight is 661 g/mol. The second-order valence-electron chi connectivity index (χ2n) is 13.5. The summed E-state index contributed by atoms with van der Waals surface area (Å²) in [5, 5.41) is 17.8. The molecule has 2 bridgehead atoms. The molecule has 2 unspecified atom stereocenters. The maximum Gasteiger partial charge on any atom is 0.319 e. The van der Waals surface area contributed by atoms with Crippen molar-refractivity contribution in [3.63, 3.8) is 0 Å². The van der Waals surface area contributed by atoms with Gasteiger partial charge < -0.3 is 19.6 Å². The van der Waals surface area contributed by atoms with Crippen LogP contribution in [0.3, 0.4) is 0 Å². The number of rotatable bonds is 7. The van der Waals surface area contributed by atoms with Crippen molar-refractivity contribution in [1.29, 1.82) is 0 Å². The number of nitrogens with two attached hydrogens (primary N) is 1. The van der Waals surface area contributed by atoms with E-state index in [1.165, 1.54) is 0 Å². The number of piperazine rings is 1. The van der Waals surface area contributed by atoms with Gasteiger partial charge in [0.15, 0.2) is 5.82 Å². The molecule has 4 aromatic rings. The van der Waals surface area contributed by atoms with E-state index in [1.54, 1.807) is 29.2 Å². The first-order valence-corrected chi connectivity index (χ1v) is 18.0. The van der Waals surface area contributed by atoms with Crippen LogP contribution in [0.4, 0.5) is 10.2 Å². The van der Waals surface area contributed by atoms with Crippen LogP contribution in [0.15, 0.2) is 48.5 Å². The number of hydrogen-bond acceptors (Lipinski definition) is 9. The SMILES string of the molecule is NS(=O)(=O)CC(=O)N1C2CCC1CN(c1nc(OCC34CCCN3CCC4)nc3c(F)c(-c4cc(O)cc5ccccc45)ccc13)C2. The van der Waals surface area contributed by atoms with E-state index in [0.29, 0.717) is 54.9 Å². The molecule has 5 heterocycles. The first-order valence-electron chi connectivity index (χ1n) is 16.3. The molecule has 0 aliphatic carbocycles. The Balaban J connectivity index is 1.20. The Bertz CT molecular complexity index is 2000. The third-order valence-corrected chi connectivity index (χ3v) is 11.2. The molecule has 0 saturated carbocycles. The fraction of sp³-hybridized carbons (Fsp3) is 0.441. The quantitative estimate of drug-likeness (QED) is 0.303. The van der Waals surface area contributed by atoms with Crippen molar-refractivity contribution in [1.82, 2.24) is 19.8 Å². The highest BCUT2D eigenvalue weighted by atomic mass is 32.2. The molecule has 4 saturated heterocycles. The van der Waals surface area contributed by atoms with E-state index in [2.05, 4.69) is 9.88 Å². The summed E-state index contributed by atoms with van der Waals surface area (Å²) in [7, 11) is -3.96. The number of primary sulfonamides is 1. The summed E-state index contributed by atoms with van der Waals surface area (Å²) >= 11 is 0. The van der Waals surface area contributed by atoms with Crippen LogP contribution in [-0.4, -0.2) is 95.4 Å². The Morgan fingerprint density at radius 2 is 1.72 bits per heavy atom. The minimum atomic E-state index is -3.96. The van der Waals surface area contributed by atoms with Gasteiger partial charge in [0, 0.05) is 36.1 Å². The van der Waals surface area contributed by atoms with Gasteiger partial charge in [0.25, 0.3) is 0 Å². The van der Waals surface area contributed by atoms with Crippen molar-refractivity contribution in [2.24, 2.45) is 5.14 Å². The van der Waals surface area contributed by atoms with Crippen molar-refractivity contribution in [2.75, 3.05) is 43.4 Å². The zero-order valence-corrected chi connectivity index (χ0v) is 26.8. The lowest BCUT2D eigenvalue weighted by Gasteiger charge is -2.41. The van der Waals surface area contributed by atoms with Gasteiger partial charge in [-0.3, -0.25) is 9.69 Å². The number of ether oxygens (including phenoxy) is 1. The molecule has 4 fully saturated rings. The number of hydrogen-bond donors (Lipinski definition) is 2. The summed E-state index contributed by atoms with van der Waals surface area (Å²) in [6.07, 6.45) is 5.72. The van der Waals surface area contributed by atoms with Crippen LogP contribution in [0.25, 0.3) is 32.8 Å². The van der Waals surface area contributed by atoms with Gasteiger partial charge in [-0.15, -0.1) is 0 Å². The van der Waals surface area contributed by atoms with E-state index in [9.17, 15) is 18.3 Å². The number of phenols is 1. The first-order chi connectivity index (χ1) is 22.6. The highest BCUT2D eigenvalue weighted by molar-refractivity contribution is 7.89. The zero-order chi connectivity index (χ0) is 32.5. The number of phenolic OH excluding ortho intramolecular Hbond substituents is 1. The van der Waals surface area contributed by atoms with Crippen LogP contribution >= 0.6 is 0 Å². The van der Waals surface area contributed by atoms with E-state index in [1.807, 2.05) is 29.2 Å². The Morgan fingerprint density at radius 1 is 1.00 bits per heavy atom. The fourth-order valence-electron chi connectivity index (χ4n) is 8.55. The molecule has 47 heavy (non-hydrogen) atoms. The molecule has 13 heteroatoms. The zero-order valence-electron chi connectivity index (χ0n) is 25.9. The van der Waals surface area contributed by atoms with E-state index in [0.717, 1.165) is 49.5 Å². The van der Waals surface area contributed by atoms with Crippen LogP contribution in [0.5, 0.6) is 11.8 Å². The lowest BCUT2D eigenvalue weighted by molar-refractivity contribution is -0.131. The Hall–Kier alpha value is -4.07. The minimum Gasteiger partial charge on any atom is -0.508 e. The van der Waals surface area contributed by atoms with Gasteiger partial charge in [0.05, 0.1) is 5.54 Å². The third kappa shape index (κ3) is 5.34. The molecule has 2 atom stereocenters. The molecule has 8 rings (SSSR count). The van der Waals surface area contributed by atoms with E-state index < -0.39 is 27.5 Å². The summed E-state index contributed by atoms with van der Waals surface area (Å²) < 4.78 is 46.6. The smallest absolute Gasteiger partial charge is 0.319 e. The molecular weight excluding hydrogens is 623 g/mol. The molecule has 3 aromatic carbocycles.